The van der Waals surface area contributed by atoms with Gasteiger partial charge in [0.05, 0.1) is 5.39 Å². The van der Waals surface area contributed by atoms with Gasteiger partial charge in [0, 0.05) is 12.2 Å². The average Bonchev–Trinajstić information content (AvgIpc) is 2.80. The Morgan fingerprint density at radius 3 is 2.94 bits per heavy atom. The maximum absolute atomic E-state index is 5.93. The van der Waals surface area contributed by atoms with Crippen LogP contribution in [-0.2, 0) is 0 Å². The summed E-state index contributed by atoms with van der Waals surface area (Å²) in [6.45, 7) is 2.24. The molecule has 18 heavy (non-hydrogen) atoms. The predicted octanol–water partition coefficient (Wildman–Crippen LogP) is 2.12. The molecule has 0 spiro atoms. The third-order valence-corrected chi connectivity index (χ3v) is 3.62. The number of fused-ring (bicyclic) bond motifs is 1. The standard InChI is InChI=1S/C12H16ClN5/c1-18-6-3-8(4-7-18)15-11-9-2-5-14-10(9)16-12(13)17-11/h2,5,8H,3-4,6-7H2,1H3,(H2,14,15,16,17). The molecule has 0 radical (unpaired) electrons. The zero-order chi connectivity index (χ0) is 12.5. The second kappa shape index (κ2) is 4.74. The van der Waals surface area contributed by atoms with Crippen molar-refractivity contribution in [2.45, 2.75) is 18.9 Å². The van der Waals surface area contributed by atoms with E-state index in [0.717, 1.165) is 42.8 Å². The van der Waals surface area contributed by atoms with Gasteiger partial charge in [0.25, 0.3) is 0 Å². The van der Waals surface area contributed by atoms with Crippen LogP contribution in [0.1, 0.15) is 12.8 Å². The number of H-pyrrole nitrogens is 1. The third kappa shape index (κ3) is 2.28. The van der Waals surface area contributed by atoms with E-state index in [1.165, 1.54) is 0 Å². The zero-order valence-corrected chi connectivity index (χ0v) is 11.0. The van der Waals surface area contributed by atoms with Crippen LogP contribution in [0.4, 0.5) is 5.82 Å². The maximum atomic E-state index is 5.93. The van der Waals surface area contributed by atoms with Crippen molar-refractivity contribution in [3.05, 3.63) is 17.5 Å². The SMILES string of the molecule is CN1CCC(Nc2nc(Cl)nc3[nH]ccc23)CC1. The number of hydrogen-bond donors (Lipinski definition) is 2. The molecule has 6 heteroatoms. The van der Waals surface area contributed by atoms with Gasteiger partial charge in [-0.25, -0.2) is 4.98 Å². The van der Waals surface area contributed by atoms with Gasteiger partial charge in [0.1, 0.15) is 11.5 Å². The summed E-state index contributed by atoms with van der Waals surface area (Å²) in [6.07, 6.45) is 4.11. The van der Waals surface area contributed by atoms with E-state index in [4.69, 9.17) is 11.6 Å². The Kier molecular flexibility index (Phi) is 3.09. The first-order chi connectivity index (χ1) is 8.72. The molecule has 3 heterocycles. The summed E-state index contributed by atoms with van der Waals surface area (Å²) in [5.41, 5.74) is 0.783. The summed E-state index contributed by atoms with van der Waals surface area (Å²) >= 11 is 5.93. The van der Waals surface area contributed by atoms with Crippen LogP contribution in [0, 0.1) is 0 Å². The zero-order valence-electron chi connectivity index (χ0n) is 10.3. The summed E-state index contributed by atoms with van der Waals surface area (Å²) in [5.74, 6) is 0.834. The van der Waals surface area contributed by atoms with Crippen molar-refractivity contribution in [2.24, 2.45) is 0 Å². The molecule has 2 aromatic rings. The molecule has 0 atom stereocenters. The van der Waals surface area contributed by atoms with Crippen molar-refractivity contribution in [1.29, 1.82) is 0 Å². The van der Waals surface area contributed by atoms with Crippen LogP contribution in [0.5, 0.6) is 0 Å². The molecule has 0 saturated carbocycles. The van der Waals surface area contributed by atoms with Gasteiger partial charge in [-0.3, -0.25) is 0 Å². The van der Waals surface area contributed by atoms with Crippen molar-refractivity contribution in [3.8, 4) is 0 Å². The van der Waals surface area contributed by atoms with Gasteiger partial charge in [-0.05, 0) is 50.6 Å². The average molecular weight is 266 g/mol. The Bertz CT molecular complexity index is 544. The number of halogens is 1. The van der Waals surface area contributed by atoms with Crippen LogP contribution in [0.25, 0.3) is 11.0 Å². The van der Waals surface area contributed by atoms with E-state index in [0.29, 0.717) is 6.04 Å². The number of anilines is 1. The number of likely N-dealkylation sites (tertiary alicyclic amines) is 1. The molecule has 1 saturated heterocycles. The molecule has 5 nitrogen and oxygen atoms in total. The molecule has 0 aliphatic carbocycles. The maximum Gasteiger partial charge on any atom is 0.226 e. The Morgan fingerprint density at radius 1 is 1.39 bits per heavy atom. The monoisotopic (exact) mass is 265 g/mol. The predicted molar refractivity (Wildman–Crippen MR) is 73.0 cm³/mol. The van der Waals surface area contributed by atoms with Gasteiger partial charge in [-0.15, -0.1) is 0 Å². The molecule has 0 amide bonds. The molecule has 1 aliphatic rings. The van der Waals surface area contributed by atoms with Crippen LogP contribution in [0.15, 0.2) is 12.3 Å². The fourth-order valence-corrected chi connectivity index (χ4v) is 2.54. The summed E-state index contributed by atoms with van der Waals surface area (Å²) in [4.78, 5) is 13.9. The molecule has 0 aromatic carbocycles. The summed E-state index contributed by atoms with van der Waals surface area (Å²) in [6, 6.07) is 2.44. The van der Waals surface area contributed by atoms with E-state index in [2.05, 4.69) is 32.2 Å². The highest BCUT2D eigenvalue weighted by Crippen LogP contribution is 2.23. The molecule has 96 valence electrons. The first-order valence-electron chi connectivity index (χ1n) is 6.18. The van der Waals surface area contributed by atoms with E-state index < -0.39 is 0 Å². The molecule has 0 bridgehead atoms. The Morgan fingerprint density at radius 2 is 2.17 bits per heavy atom. The van der Waals surface area contributed by atoms with Crippen LogP contribution in [0.3, 0.4) is 0 Å². The van der Waals surface area contributed by atoms with E-state index >= 15 is 0 Å². The Hall–Kier alpha value is -1.33. The molecule has 1 aliphatic heterocycles. The molecule has 1 fully saturated rings. The third-order valence-electron chi connectivity index (χ3n) is 3.45. The Labute approximate surface area is 111 Å². The number of hydrogen-bond acceptors (Lipinski definition) is 4. The number of nitrogens with zero attached hydrogens (tertiary/aromatic N) is 3. The van der Waals surface area contributed by atoms with Crippen molar-refractivity contribution < 1.29 is 0 Å². The topological polar surface area (TPSA) is 56.8 Å². The smallest absolute Gasteiger partial charge is 0.226 e. The van der Waals surface area contributed by atoms with Crippen molar-refractivity contribution in [3.63, 3.8) is 0 Å². The molecular formula is C12H16ClN5. The summed E-state index contributed by atoms with van der Waals surface area (Å²) in [5, 5.41) is 4.77. The quantitative estimate of drug-likeness (QED) is 0.817. The lowest BCUT2D eigenvalue weighted by atomic mass is 10.1. The van der Waals surface area contributed by atoms with Crippen molar-refractivity contribution in [1.82, 2.24) is 19.9 Å². The second-order valence-corrected chi connectivity index (χ2v) is 5.14. The minimum Gasteiger partial charge on any atom is -0.367 e. The first kappa shape index (κ1) is 11.7. The van der Waals surface area contributed by atoms with Gasteiger partial charge in [0.2, 0.25) is 5.28 Å². The lowest BCUT2D eigenvalue weighted by Gasteiger charge is -2.29. The minimum absolute atomic E-state index is 0.278. The van der Waals surface area contributed by atoms with Gasteiger partial charge in [0.15, 0.2) is 0 Å². The number of aromatic nitrogens is 3. The van der Waals surface area contributed by atoms with Crippen LogP contribution in [-0.4, -0.2) is 46.0 Å². The minimum atomic E-state index is 0.278. The molecule has 0 unspecified atom stereocenters. The number of piperidine rings is 1. The normalized spacial score (nSPS) is 18.3. The van der Waals surface area contributed by atoms with Crippen LogP contribution < -0.4 is 5.32 Å². The van der Waals surface area contributed by atoms with Crippen molar-refractivity contribution >= 4 is 28.5 Å². The van der Waals surface area contributed by atoms with E-state index in [-0.39, 0.29) is 5.28 Å². The van der Waals surface area contributed by atoms with Gasteiger partial charge in [-0.2, -0.15) is 4.98 Å². The molecule has 2 N–H and O–H groups in total. The van der Waals surface area contributed by atoms with E-state index in [1.807, 2.05) is 12.3 Å². The number of nitrogens with one attached hydrogen (secondary N) is 2. The summed E-state index contributed by atoms with van der Waals surface area (Å²) < 4.78 is 0. The Balaban J connectivity index is 1.83. The van der Waals surface area contributed by atoms with E-state index in [9.17, 15) is 0 Å². The summed E-state index contributed by atoms with van der Waals surface area (Å²) in [7, 11) is 2.15. The van der Waals surface area contributed by atoms with Gasteiger partial charge < -0.3 is 15.2 Å². The highest BCUT2D eigenvalue weighted by Gasteiger charge is 2.18. The fourth-order valence-electron chi connectivity index (χ4n) is 2.37. The second-order valence-electron chi connectivity index (χ2n) is 4.80. The highest BCUT2D eigenvalue weighted by molar-refractivity contribution is 6.28. The molecule has 3 rings (SSSR count). The molecular weight excluding hydrogens is 250 g/mol. The highest BCUT2D eigenvalue weighted by atomic mass is 35.5. The largest absolute Gasteiger partial charge is 0.367 e. The van der Waals surface area contributed by atoms with Crippen LogP contribution >= 0.6 is 11.6 Å². The first-order valence-corrected chi connectivity index (χ1v) is 6.56. The lowest BCUT2D eigenvalue weighted by Crippen LogP contribution is -2.36. The number of rotatable bonds is 2. The van der Waals surface area contributed by atoms with Gasteiger partial charge in [-0.1, -0.05) is 0 Å². The number of aromatic amines is 1. The fraction of sp³-hybridized carbons (Fsp3) is 0.500. The van der Waals surface area contributed by atoms with E-state index in [1.54, 1.807) is 0 Å². The van der Waals surface area contributed by atoms with Gasteiger partial charge >= 0.3 is 0 Å². The van der Waals surface area contributed by atoms with Crippen molar-refractivity contribution in [2.75, 3.05) is 25.5 Å². The van der Waals surface area contributed by atoms with Crippen LogP contribution in [0.2, 0.25) is 5.28 Å². The lowest BCUT2D eigenvalue weighted by molar-refractivity contribution is 0.264. The molecule has 2 aromatic heterocycles.